The molecule has 0 aliphatic carbocycles. The Morgan fingerprint density at radius 1 is 1.32 bits per heavy atom. The van der Waals surface area contributed by atoms with E-state index in [1.807, 2.05) is 42.6 Å². The fourth-order valence-electron chi connectivity index (χ4n) is 2.70. The molecule has 1 amide bonds. The summed E-state index contributed by atoms with van der Waals surface area (Å²) in [5, 5.41) is 3.00. The highest BCUT2D eigenvalue weighted by molar-refractivity contribution is 5.87. The highest BCUT2D eigenvalue weighted by Gasteiger charge is 2.30. The lowest BCUT2D eigenvalue weighted by molar-refractivity contribution is -0.121. The molecule has 0 saturated heterocycles. The molecule has 2 heterocycles. The number of para-hydroxylation sites is 1. The number of allylic oxidation sites excluding steroid dienone is 1. The van der Waals surface area contributed by atoms with E-state index >= 15 is 0 Å². The predicted octanol–water partition coefficient (Wildman–Crippen LogP) is 2.79. The fraction of sp³-hybridized carbons (Fsp3) is 0.389. The highest BCUT2D eigenvalue weighted by Crippen LogP contribution is 2.33. The molecule has 2 aliphatic rings. The van der Waals surface area contributed by atoms with Crippen LogP contribution < -0.4 is 10.1 Å². The van der Waals surface area contributed by atoms with Gasteiger partial charge in [-0.2, -0.15) is 0 Å². The van der Waals surface area contributed by atoms with Gasteiger partial charge in [-0.3, -0.25) is 4.79 Å². The van der Waals surface area contributed by atoms with Gasteiger partial charge >= 0.3 is 0 Å². The summed E-state index contributed by atoms with van der Waals surface area (Å²) in [6.45, 7) is 7.72. The summed E-state index contributed by atoms with van der Waals surface area (Å²) in [7, 11) is 0. The quantitative estimate of drug-likeness (QED) is 0.913. The number of amides is 1. The second-order valence-electron chi connectivity index (χ2n) is 6.69. The van der Waals surface area contributed by atoms with Crippen LogP contribution in [0.1, 0.15) is 32.3 Å². The molecule has 1 unspecified atom stereocenters. The summed E-state index contributed by atoms with van der Waals surface area (Å²) in [6, 6.07) is 7.73. The molecular weight excluding hydrogens is 276 g/mol. The Morgan fingerprint density at radius 3 is 2.77 bits per heavy atom. The van der Waals surface area contributed by atoms with E-state index in [0.717, 1.165) is 23.6 Å². The van der Waals surface area contributed by atoms with Gasteiger partial charge in [-0.15, -0.1) is 0 Å². The summed E-state index contributed by atoms with van der Waals surface area (Å²) in [5.41, 5.74) is 1.91. The van der Waals surface area contributed by atoms with Crippen LogP contribution in [0.25, 0.3) is 0 Å². The van der Waals surface area contributed by atoms with Gasteiger partial charge in [-0.25, -0.2) is 0 Å². The van der Waals surface area contributed by atoms with Crippen LogP contribution in [0.15, 0.2) is 48.3 Å². The van der Waals surface area contributed by atoms with E-state index in [1.54, 1.807) is 0 Å². The molecule has 0 spiro atoms. The molecule has 0 bridgehead atoms. The minimum Gasteiger partial charge on any atom is -0.492 e. The lowest BCUT2D eigenvalue weighted by Gasteiger charge is -2.35. The molecule has 1 aromatic carbocycles. The normalized spacial score (nSPS) is 20.2. The number of hydrogen-bond donors (Lipinski definition) is 1. The molecule has 2 aliphatic heterocycles. The monoisotopic (exact) mass is 298 g/mol. The standard InChI is InChI=1S/C18H22N2O2/c1-18(2,3)20-10-8-13(9-11-20)19-17(21)15-12-22-16-7-5-4-6-14(15)16/h4-10,15H,11-12H2,1-3H3,(H,19,21). The Kier molecular flexibility index (Phi) is 3.69. The van der Waals surface area contributed by atoms with Crippen molar-refractivity contribution in [2.24, 2.45) is 0 Å². The maximum atomic E-state index is 12.5. The van der Waals surface area contributed by atoms with E-state index < -0.39 is 0 Å². The lowest BCUT2D eigenvalue weighted by Crippen LogP contribution is -2.39. The number of fused-ring (bicyclic) bond motifs is 1. The summed E-state index contributed by atoms with van der Waals surface area (Å²) < 4.78 is 5.58. The van der Waals surface area contributed by atoms with Crippen molar-refractivity contribution in [1.29, 1.82) is 0 Å². The van der Waals surface area contributed by atoms with Gasteiger partial charge in [0.25, 0.3) is 0 Å². The van der Waals surface area contributed by atoms with Gasteiger partial charge in [0, 0.05) is 29.5 Å². The van der Waals surface area contributed by atoms with Gasteiger partial charge in [0.05, 0.1) is 0 Å². The topological polar surface area (TPSA) is 41.6 Å². The van der Waals surface area contributed by atoms with Crippen LogP contribution in [0.4, 0.5) is 0 Å². The Bertz CT molecular complexity index is 641. The number of nitrogens with one attached hydrogen (secondary N) is 1. The summed E-state index contributed by atoms with van der Waals surface area (Å²) in [5.74, 6) is 0.575. The van der Waals surface area contributed by atoms with Crippen LogP contribution >= 0.6 is 0 Å². The summed E-state index contributed by atoms with van der Waals surface area (Å²) in [4.78, 5) is 14.7. The van der Waals surface area contributed by atoms with Crippen molar-refractivity contribution in [3.05, 3.63) is 53.9 Å². The average Bonchev–Trinajstić information content (AvgIpc) is 2.91. The Morgan fingerprint density at radius 2 is 2.09 bits per heavy atom. The van der Waals surface area contributed by atoms with E-state index in [2.05, 4.69) is 31.0 Å². The van der Waals surface area contributed by atoms with Crippen LogP contribution in [-0.2, 0) is 4.79 Å². The van der Waals surface area contributed by atoms with Crippen LogP contribution in [0.3, 0.4) is 0 Å². The zero-order valence-corrected chi connectivity index (χ0v) is 13.3. The van der Waals surface area contributed by atoms with Crippen LogP contribution in [0.5, 0.6) is 5.75 Å². The molecule has 1 N–H and O–H groups in total. The van der Waals surface area contributed by atoms with Crippen molar-refractivity contribution < 1.29 is 9.53 Å². The fourth-order valence-corrected chi connectivity index (χ4v) is 2.70. The molecule has 0 aromatic heterocycles. The zero-order chi connectivity index (χ0) is 15.7. The predicted molar refractivity (Wildman–Crippen MR) is 86.5 cm³/mol. The number of ether oxygens (including phenoxy) is 1. The van der Waals surface area contributed by atoms with E-state index in [9.17, 15) is 4.79 Å². The molecule has 0 saturated carbocycles. The van der Waals surface area contributed by atoms with E-state index in [0.29, 0.717) is 6.61 Å². The largest absolute Gasteiger partial charge is 0.492 e. The first-order valence-corrected chi connectivity index (χ1v) is 7.63. The van der Waals surface area contributed by atoms with E-state index in [1.165, 1.54) is 0 Å². The van der Waals surface area contributed by atoms with Crippen molar-refractivity contribution >= 4 is 5.91 Å². The maximum absolute atomic E-state index is 12.5. The molecule has 1 aromatic rings. The lowest BCUT2D eigenvalue weighted by atomic mass is 10.0. The first kappa shape index (κ1) is 14.7. The molecular formula is C18H22N2O2. The molecule has 22 heavy (non-hydrogen) atoms. The molecule has 0 radical (unpaired) electrons. The van der Waals surface area contributed by atoms with Gasteiger partial charge in [0.15, 0.2) is 0 Å². The number of rotatable bonds is 2. The molecule has 0 fully saturated rings. The smallest absolute Gasteiger partial charge is 0.235 e. The molecule has 4 nitrogen and oxygen atoms in total. The Balaban J connectivity index is 1.65. The first-order valence-electron chi connectivity index (χ1n) is 7.63. The Labute approximate surface area is 131 Å². The number of carbonyl (C=O) groups excluding carboxylic acids is 1. The molecule has 1 atom stereocenters. The third kappa shape index (κ3) is 2.86. The second-order valence-corrected chi connectivity index (χ2v) is 6.69. The van der Waals surface area contributed by atoms with Crippen molar-refractivity contribution in [1.82, 2.24) is 10.2 Å². The summed E-state index contributed by atoms with van der Waals surface area (Å²) in [6.07, 6.45) is 6.04. The zero-order valence-electron chi connectivity index (χ0n) is 13.3. The van der Waals surface area contributed by atoms with Crippen LogP contribution in [0, 0.1) is 0 Å². The van der Waals surface area contributed by atoms with E-state index in [4.69, 9.17) is 4.74 Å². The van der Waals surface area contributed by atoms with Crippen molar-refractivity contribution in [3.63, 3.8) is 0 Å². The van der Waals surface area contributed by atoms with Crippen molar-refractivity contribution in [2.75, 3.05) is 13.2 Å². The maximum Gasteiger partial charge on any atom is 0.235 e. The number of hydrogen-bond acceptors (Lipinski definition) is 3. The van der Waals surface area contributed by atoms with Gasteiger partial charge in [-0.05, 0) is 39.0 Å². The molecule has 116 valence electrons. The average molecular weight is 298 g/mol. The van der Waals surface area contributed by atoms with Gasteiger partial charge in [0.2, 0.25) is 5.91 Å². The van der Waals surface area contributed by atoms with Crippen molar-refractivity contribution in [3.8, 4) is 5.75 Å². The SMILES string of the molecule is CC(C)(C)N1C=CC(NC(=O)C2COc3ccccc32)=CC1. The van der Waals surface area contributed by atoms with Crippen LogP contribution in [0.2, 0.25) is 0 Å². The van der Waals surface area contributed by atoms with E-state index in [-0.39, 0.29) is 17.4 Å². The van der Waals surface area contributed by atoms with Crippen LogP contribution in [-0.4, -0.2) is 29.5 Å². The summed E-state index contributed by atoms with van der Waals surface area (Å²) >= 11 is 0. The van der Waals surface area contributed by atoms with Gasteiger partial charge < -0.3 is 15.0 Å². The first-order chi connectivity index (χ1) is 10.4. The third-order valence-corrected chi connectivity index (χ3v) is 4.09. The van der Waals surface area contributed by atoms with Gasteiger partial charge in [0.1, 0.15) is 18.3 Å². The number of benzene rings is 1. The van der Waals surface area contributed by atoms with Crippen molar-refractivity contribution in [2.45, 2.75) is 32.2 Å². The number of nitrogens with zero attached hydrogens (tertiary/aromatic N) is 1. The Hall–Kier alpha value is -2.23. The third-order valence-electron chi connectivity index (χ3n) is 4.09. The molecule has 3 rings (SSSR count). The molecule has 4 heteroatoms. The van der Waals surface area contributed by atoms with Gasteiger partial charge in [-0.1, -0.05) is 18.2 Å². The highest BCUT2D eigenvalue weighted by atomic mass is 16.5. The minimum atomic E-state index is -0.230. The number of carbonyl (C=O) groups is 1. The second kappa shape index (κ2) is 5.52. The minimum absolute atomic E-state index is 0.00920.